The van der Waals surface area contributed by atoms with Crippen LogP contribution in [-0.2, 0) is 0 Å². The van der Waals surface area contributed by atoms with Crippen molar-refractivity contribution in [1.29, 1.82) is 0 Å². The lowest BCUT2D eigenvalue weighted by Crippen LogP contribution is -2.09. The van der Waals surface area contributed by atoms with E-state index in [9.17, 15) is 0 Å². The van der Waals surface area contributed by atoms with Gasteiger partial charge in [0.25, 0.3) is 0 Å². The predicted molar refractivity (Wildman–Crippen MR) is 82.1 cm³/mol. The molecule has 100 valence electrons. The summed E-state index contributed by atoms with van der Waals surface area (Å²) < 4.78 is 5.25. The van der Waals surface area contributed by atoms with E-state index < -0.39 is 0 Å². The Kier molecular flexibility index (Phi) is 5.14. The molecule has 2 aromatic carbocycles. The molecule has 0 aliphatic heterocycles. The maximum absolute atomic E-state index is 6.18. The third-order valence-corrected chi connectivity index (χ3v) is 4.59. The molecule has 19 heavy (non-hydrogen) atoms. The molecule has 2 rings (SSSR count). The van der Waals surface area contributed by atoms with Crippen molar-refractivity contribution >= 4 is 23.4 Å². The van der Waals surface area contributed by atoms with Crippen LogP contribution in [0.15, 0.2) is 53.4 Å². The van der Waals surface area contributed by atoms with Gasteiger partial charge in [0.15, 0.2) is 0 Å². The highest BCUT2D eigenvalue weighted by molar-refractivity contribution is 7.99. The summed E-state index contributed by atoms with van der Waals surface area (Å²) in [4.78, 5) is 1.04. The Hall–Kier alpha value is -1.16. The van der Waals surface area contributed by atoms with Gasteiger partial charge >= 0.3 is 0 Å². The van der Waals surface area contributed by atoms with E-state index >= 15 is 0 Å². The largest absolute Gasteiger partial charge is 0.497 e. The van der Waals surface area contributed by atoms with Gasteiger partial charge in [-0.25, -0.2) is 0 Å². The van der Waals surface area contributed by atoms with Gasteiger partial charge < -0.3 is 10.5 Å². The van der Waals surface area contributed by atoms with Crippen LogP contribution in [0.3, 0.4) is 0 Å². The van der Waals surface area contributed by atoms with Gasteiger partial charge in [-0.15, -0.1) is 11.8 Å². The lowest BCUT2D eigenvalue weighted by Gasteiger charge is -2.16. The molecular weight excluding hydrogens is 278 g/mol. The Labute approximate surface area is 122 Å². The van der Waals surface area contributed by atoms with E-state index in [0.717, 1.165) is 21.2 Å². The first kappa shape index (κ1) is 14.3. The van der Waals surface area contributed by atoms with Crippen molar-refractivity contribution < 1.29 is 4.74 Å². The highest BCUT2D eigenvalue weighted by Crippen LogP contribution is 2.38. The number of nitrogens with two attached hydrogens (primary N) is 1. The molecule has 0 amide bonds. The van der Waals surface area contributed by atoms with Gasteiger partial charge in [-0.05, 0) is 29.8 Å². The summed E-state index contributed by atoms with van der Waals surface area (Å²) in [6, 6.07) is 15.8. The molecule has 0 bridgehead atoms. The van der Waals surface area contributed by atoms with E-state index in [0.29, 0.717) is 6.54 Å². The van der Waals surface area contributed by atoms with Crippen LogP contribution in [-0.4, -0.2) is 13.7 Å². The molecule has 0 spiro atoms. The summed E-state index contributed by atoms with van der Waals surface area (Å²) in [6.07, 6.45) is 0. The molecule has 0 heterocycles. The van der Waals surface area contributed by atoms with Gasteiger partial charge in [-0.2, -0.15) is 0 Å². The lowest BCUT2D eigenvalue weighted by atomic mass is 10.1. The molecule has 0 saturated heterocycles. The van der Waals surface area contributed by atoms with Crippen molar-refractivity contribution in [2.75, 3.05) is 13.7 Å². The molecule has 0 radical (unpaired) electrons. The van der Waals surface area contributed by atoms with E-state index in [-0.39, 0.29) is 5.25 Å². The SMILES string of the molecule is COc1cccc(C(CN)Sc2ccccc2Cl)c1. The van der Waals surface area contributed by atoms with Crippen LogP contribution in [0.1, 0.15) is 10.8 Å². The van der Waals surface area contributed by atoms with E-state index in [4.69, 9.17) is 22.1 Å². The lowest BCUT2D eigenvalue weighted by molar-refractivity contribution is 0.414. The Morgan fingerprint density at radius 3 is 2.68 bits per heavy atom. The van der Waals surface area contributed by atoms with Gasteiger partial charge in [-0.3, -0.25) is 0 Å². The summed E-state index contributed by atoms with van der Waals surface area (Å²) in [5, 5.41) is 0.920. The molecule has 2 nitrogen and oxygen atoms in total. The summed E-state index contributed by atoms with van der Waals surface area (Å²) >= 11 is 7.86. The van der Waals surface area contributed by atoms with E-state index in [2.05, 4.69) is 6.07 Å². The average Bonchev–Trinajstić information content (AvgIpc) is 2.46. The fraction of sp³-hybridized carbons (Fsp3) is 0.200. The van der Waals surface area contributed by atoms with Crippen molar-refractivity contribution in [1.82, 2.24) is 0 Å². The molecule has 1 unspecified atom stereocenters. The van der Waals surface area contributed by atoms with Crippen molar-refractivity contribution in [3.8, 4) is 5.75 Å². The van der Waals surface area contributed by atoms with Crippen LogP contribution in [0.4, 0.5) is 0 Å². The fourth-order valence-electron chi connectivity index (χ4n) is 1.79. The topological polar surface area (TPSA) is 35.2 Å². The van der Waals surface area contributed by atoms with E-state index in [1.165, 1.54) is 0 Å². The molecule has 4 heteroatoms. The summed E-state index contributed by atoms with van der Waals surface area (Å²) in [5.41, 5.74) is 7.03. The van der Waals surface area contributed by atoms with Crippen molar-refractivity contribution in [2.24, 2.45) is 5.73 Å². The van der Waals surface area contributed by atoms with Gasteiger partial charge in [0.05, 0.1) is 12.1 Å². The zero-order valence-electron chi connectivity index (χ0n) is 10.7. The van der Waals surface area contributed by atoms with Gasteiger partial charge in [0.2, 0.25) is 0 Å². The van der Waals surface area contributed by atoms with Crippen LogP contribution in [0, 0.1) is 0 Å². The zero-order valence-corrected chi connectivity index (χ0v) is 12.2. The van der Waals surface area contributed by atoms with Gasteiger partial charge in [0, 0.05) is 16.7 Å². The second-order valence-corrected chi connectivity index (χ2v) is 5.70. The molecule has 0 aromatic heterocycles. The monoisotopic (exact) mass is 293 g/mol. The maximum Gasteiger partial charge on any atom is 0.119 e. The normalized spacial score (nSPS) is 12.2. The molecule has 2 aromatic rings. The number of thioether (sulfide) groups is 1. The molecule has 0 aliphatic carbocycles. The molecule has 0 fully saturated rings. The number of hydrogen-bond donors (Lipinski definition) is 1. The minimum absolute atomic E-state index is 0.162. The Bertz CT molecular complexity index is 547. The summed E-state index contributed by atoms with van der Waals surface area (Å²) in [7, 11) is 1.66. The molecule has 2 N–H and O–H groups in total. The number of rotatable bonds is 5. The smallest absolute Gasteiger partial charge is 0.119 e. The van der Waals surface area contributed by atoms with Crippen LogP contribution >= 0.6 is 23.4 Å². The number of halogens is 1. The highest BCUT2D eigenvalue weighted by Gasteiger charge is 2.13. The quantitative estimate of drug-likeness (QED) is 0.842. The van der Waals surface area contributed by atoms with Crippen molar-refractivity contribution in [3.63, 3.8) is 0 Å². The number of ether oxygens (including phenoxy) is 1. The second-order valence-electron chi connectivity index (χ2n) is 4.05. The summed E-state index contributed by atoms with van der Waals surface area (Å²) in [5.74, 6) is 0.843. The highest BCUT2D eigenvalue weighted by atomic mass is 35.5. The fourth-order valence-corrected chi connectivity index (χ4v) is 3.08. The molecule has 1 atom stereocenters. The van der Waals surface area contributed by atoms with Crippen LogP contribution in [0.5, 0.6) is 5.75 Å². The first-order valence-electron chi connectivity index (χ1n) is 6.00. The zero-order chi connectivity index (χ0) is 13.7. The minimum Gasteiger partial charge on any atom is -0.497 e. The van der Waals surface area contributed by atoms with Crippen LogP contribution < -0.4 is 10.5 Å². The standard InChI is InChI=1S/C15H16ClNOS/c1-18-12-6-4-5-11(9-12)15(10-17)19-14-8-3-2-7-13(14)16/h2-9,15H,10,17H2,1H3. The Morgan fingerprint density at radius 2 is 2.00 bits per heavy atom. The van der Waals surface area contributed by atoms with Crippen LogP contribution in [0.25, 0.3) is 0 Å². The van der Waals surface area contributed by atoms with E-state index in [1.807, 2.05) is 42.5 Å². The number of benzene rings is 2. The summed E-state index contributed by atoms with van der Waals surface area (Å²) in [6.45, 7) is 0.545. The Morgan fingerprint density at radius 1 is 1.21 bits per heavy atom. The third kappa shape index (κ3) is 3.66. The van der Waals surface area contributed by atoms with Crippen LogP contribution in [0.2, 0.25) is 5.02 Å². The van der Waals surface area contributed by atoms with Gasteiger partial charge in [-0.1, -0.05) is 35.9 Å². The third-order valence-electron chi connectivity index (χ3n) is 2.79. The molecular formula is C15H16ClNOS. The number of methoxy groups -OCH3 is 1. The molecule has 0 aliphatic rings. The first-order valence-corrected chi connectivity index (χ1v) is 7.25. The minimum atomic E-state index is 0.162. The predicted octanol–water partition coefficient (Wildman–Crippen LogP) is 4.14. The average molecular weight is 294 g/mol. The number of hydrogen-bond acceptors (Lipinski definition) is 3. The molecule has 0 saturated carbocycles. The Balaban J connectivity index is 2.22. The van der Waals surface area contributed by atoms with Crippen molar-refractivity contribution in [2.45, 2.75) is 10.1 Å². The van der Waals surface area contributed by atoms with Gasteiger partial charge in [0.1, 0.15) is 5.75 Å². The first-order chi connectivity index (χ1) is 9.24. The van der Waals surface area contributed by atoms with Crippen molar-refractivity contribution in [3.05, 3.63) is 59.1 Å². The maximum atomic E-state index is 6.18. The second kappa shape index (κ2) is 6.85. The van der Waals surface area contributed by atoms with E-state index in [1.54, 1.807) is 18.9 Å².